The van der Waals surface area contributed by atoms with Crippen LogP contribution in [-0.2, 0) is 0 Å². The first kappa shape index (κ1) is 20.1. The van der Waals surface area contributed by atoms with Crippen LogP contribution in [0.5, 0.6) is 5.75 Å². The summed E-state index contributed by atoms with van der Waals surface area (Å²) in [7, 11) is 1.64. The lowest BCUT2D eigenvalue weighted by atomic mass is 10.1. The summed E-state index contributed by atoms with van der Waals surface area (Å²) < 4.78 is 5.23. The number of nitrogens with one attached hydrogen (secondary N) is 1. The number of piperazine rings is 1. The maximum absolute atomic E-state index is 12.7. The fourth-order valence-electron chi connectivity index (χ4n) is 3.26. The van der Waals surface area contributed by atoms with E-state index in [1.54, 1.807) is 13.3 Å². The third-order valence-corrected chi connectivity index (χ3v) is 5.02. The van der Waals surface area contributed by atoms with Crippen LogP contribution in [0, 0.1) is 0 Å². The molecule has 0 aliphatic carbocycles. The number of hydrogen-bond donors (Lipinski definition) is 1. The fraction of sp³-hybridized carbons (Fsp3) is 0.476. The molecule has 1 aromatic heterocycles. The van der Waals surface area contributed by atoms with Gasteiger partial charge in [-0.2, -0.15) is 0 Å². The van der Waals surface area contributed by atoms with Gasteiger partial charge in [-0.05, 0) is 37.2 Å². The summed E-state index contributed by atoms with van der Waals surface area (Å²) in [6, 6.07) is 7.65. The molecule has 7 heteroatoms. The second-order valence-electron chi connectivity index (χ2n) is 6.84. The van der Waals surface area contributed by atoms with Crippen LogP contribution < -0.4 is 15.0 Å². The Balaban J connectivity index is 1.92. The van der Waals surface area contributed by atoms with Crippen LogP contribution >= 0.6 is 0 Å². The number of hydrogen-bond acceptors (Lipinski definition) is 6. The van der Waals surface area contributed by atoms with E-state index in [-0.39, 0.29) is 5.91 Å². The van der Waals surface area contributed by atoms with Crippen LogP contribution in [0.1, 0.15) is 30.6 Å². The average Bonchev–Trinajstić information content (AvgIpc) is 2.77. The molecule has 1 N–H and O–H groups in total. The number of ether oxygens (including phenoxy) is 1. The Labute approximate surface area is 166 Å². The molecule has 7 nitrogen and oxygen atoms in total. The van der Waals surface area contributed by atoms with Crippen LogP contribution in [-0.4, -0.2) is 67.2 Å². The van der Waals surface area contributed by atoms with E-state index in [1.165, 1.54) is 0 Å². The van der Waals surface area contributed by atoms with E-state index in [0.29, 0.717) is 23.8 Å². The topological polar surface area (TPSA) is 70.6 Å². The van der Waals surface area contributed by atoms with Crippen LogP contribution in [0.3, 0.4) is 0 Å². The number of aromatic nitrogens is 2. The monoisotopic (exact) mass is 383 g/mol. The number of nitrogens with zero attached hydrogens (tertiary/aromatic N) is 4. The molecule has 2 heterocycles. The van der Waals surface area contributed by atoms with E-state index in [1.807, 2.05) is 31.2 Å². The Kier molecular flexibility index (Phi) is 6.81. The van der Waals surface area contributed by atoms with Gasteiger partial charge in [0.2, 0.25) is 0 Å². The lowest BCUT2D eigenvalue weighted by Gasteiger charge is -2.35. The van der Waals surface area contributed by atoms with E-state index < -0.39 is 0 Å². The van der Waals surface area contributed by atoms with Crippen molar-refractivity contribution in [2.45, 2.75) is 20.3 Å². The Morgan fingerprint density at radius 2 is 1.86 bits per heavy atom. The Morgan fingerprint density at radius 1 is 1.14 bits per heavy atom. The van der Waals surface area contributed by atoms with Crippen molar-refractivity contribution < 1.29 is 9.53 Å². The van der Waals surface area contributed by atoms with Crippen molar-refractivity contribution in [3.05, 3.63) is 36.0 Å². The van der Waals surface area contributed by atoms with Gasteiger partial charge in [0.25, 0.3) is 5.91 Å². The molecule has 1 amide bonds. The highest BCUT2D eigenvalue weighted by Gasteiger charge is 2.23. The van der Waals surface area contributed by atoms with Crippen molar-refractivity contribution in [3.8, 4) is 17.1 Å². The van der Waals surface area contributed by atoms with Crippen molar-refractivity contribution >= 4 is 11.7 Å². The second-order valence-corrected chi connectivity index (χ2v) is 6.84. The van der Waals surface area contributed by atoms with E-state index in [4.69, 9.17) is 9.72 Å². The summed E-state index contributed by atoms with van der Waals surface area (Å²) in [5, 5.41) is 2.95. The Hall–Kier alpha value is -2.67. The molecule has 1 aliphatic heterocycles. The average molecular weight is 383 g/mol. The third-order valence-electron chi connectivity index (χ3n) is 5.02. The molecule has 0 unspecified atom stereocenters. The molecule has 0 radical (unpaired) electrons. The van der Waals surface area contributed by atoms with E-state index in [2.05, 4.69) is 27.0 Å². The summed E-state index contributed by atoms with van der Waals surface area (Å²) >= 11 is 0. The zero-order valence-corrected chi connectivity index (χ0v) is 16.9. The molecule has 0 spiro atoms. The van der Waals surface area contributed by atoms with Crippen molar-refractivity contribution in [2.24, 2.45) is 0 Å². The molecular formula is C21H29N5O2. The summed E-state index contributed by atoms with van der Waals surface area (Å²) in [5.41, 5.74) is 1.44. The van der Waals surface area contributed by atoms with Gasteiger partial charge in [-0.1, -0.05) is 13.8 Å². The van der Waals surface area contributed by atoms with Gasteiger partial charge >= 0.3 is 0 Å². The van der Waals surface area contributed by atoms with Crippen molar-refractivity contribution in [1.82, 2.24) is 20.2 Å². The predicted octanol–water partition coefficient (Wildman–Crippen LogP) is 2.43. The quantitative estimate of drug-likeness (QED) is 0.792. The molecular weight excluding hydrogens is 354 g/mol. The minimum Gasteiger partial charge on any atom is -0.497 e. The molecule has 0 atom stereocenters. The highest BCUT2D eigenvalue weighted by Crippen LogP contribution is 2.25. The van der Waals surface area contributed by atoms with Gasteiger partial charge in [0.1, 0.15) is 17.1 Å². The summed E-state index contributed by atoms with van der Waals surface area (Å²) in [6.07, 6.45) is 2.54. The number of amides is 1. The van der Waals surface area contributed by atoms with E-state index >= 15 is 0 Å². The molecule has 1 aliphatic rings. The number of carbonyl (C=O) groups excluding carboxylic acids is 1. The van der Waals surface area contributed by atoms with Gasteiger partial charge in [-0.25, -0.2) is 9.97 Å². The first-order valence-electron chi connectivity index (χ1n) is 9.93. The summed E-state index contributed by atoms with van der Waals surface area (Å²) in [6.45, 7) is 9.52. The molecule has 0 bridgehead atoms. The number of benzene rings is 1. The highest BCUT2D eigenvalue weighted by atomic mass is 16.5. The number of carbonyl (C=O) groups is 1. The lowest BCUT2D eigenvalue weighted by molar-refractivity contribution is 0.0953. The normalized spacial score (nSPS) is 14.8. The lowest BCUT2D eigenvalue weighted by Crippen LogP contribution is -2.47. The van der Waals surface area contributed by atoms with Crippen LogP contribution in [0.4, 0.5) is 5.82 Å². The van der Waals surface area contributed by atoms with Gasteiger partial charge in [-0.3, -0.25) is 4.79 Å². The smallest absolute Gasteiger partial charge is 0.256 e. The van der Waals surface area contributed by atoms with Crippen LogP contribution in [0.2, 0.25) is 0 Å². The summed E-state index contributed by atoms with van der Waals surface area (Å²) in [4.78, 5) is 26.5. The fourth-order valence-corrected chi connectivity index (χ4v) is 3.26. The molecule has 0 saturated carbocycles. The third kappa shape index (κ3) is 4.59. The minimum atomic E-state index is -0.115. The standard InChI is InChI=1S/C21H29N5O2/c1-4-10-22-21(27)18-15-23-19(16-6-8-17(28-3)9-7-16)24-20(18)26-13-11-25(5-2)12-14-26/h6-9,15H,4-5,10-14H2,1-3H3,(H,22,27). The number of anilines is 1. The van der Waals surface area contributed by atoms with Gasteiger partial charge in [-0.15, -0.1) is 0 Å². The number of likely N-dealkylation sites (N-methyl/N-ethyl adjacent to an activating group) is 1. The van der Waals surface area contributed by atoms with Crippen molar-refractivity contribution in [2.75, 3.05) is 51.3 Å². The number of rotatable bonds is 7. The number of methoxy groups -OCH3 is 1. The molecule has 1 fully saturated rings. The van der Waals surface area contributed by atoms with Gasteiger partial charge in [0.15, 0.2) is 5.82 Å². The molecule has 150 valence electrons. The van der Waals surface area contributed by atoms with Gasteiger partial charge < -0.3 is 19.9 Å². The predicted molar refractivity (Wildman–Crippen MR) is 111 cm³/mol. The van der Waals surface area contributed by atoms with Crippen LogP contribution in [0.15, 0.2) is 30.5 Å². The first-order chi connectivity index (χ1) is 13.7. The highest BCUT2D eigenvalue weighted by molar-refractivity contribution is 5.98. The van der Waals surface area contributed by atoms with Gasteiger partial charge in [0, 0.05) is 44.5 Å². The first-order valence-corrected chi connectivity index (χ1v) is 9.93. The minimum absolute atomic E-state index is 0.115. The zero-order chi connectivity index (χ0) is 19.9. The second kappa shape index (κ2) is 9.50. The van der Waals surface area contributed by atoms with Crippen molar-refractivity contribution in [3.63, 3.8) is 0 Å². The maximum Gasteiger partial charge on any atom is 0.256 e. The van der Waals surface area contributed by atoms with Gasteiger partial charge in [0.05, 0.1) is 7.11 Å². The SMILES string of the molecule is CCCNC(=O)c1cnc(-c2ccc(OC)cc2)nc1N1CCN(CC)CC1. The molecule has 28 heavy (non-hydrogen) atoms. The molecule has 3 rings (SSSR count). The van der Waals surface area contributed by atoms with Crippen molar-refractivity contribution in [1.29, 1.82) is 0 Å². The largest absolute Gasteiger partial charge is 0.497 e. The maximum atomic E-state index is 12.7. The molecule has 1 saturated heterocycles. The van der Waals surface area contributed by atoms with E-state index in [0.717, 1.165) is 50.5 Å². The molecule has 2 aromatic rings. The van der Waals surface area contributed by atoms with Crippen LogP contribution in [0.25, 0.3) is 11.4 Å². The van der Waals surface area contributed by atoms with E-state index in [9.17, 15) is 4.79 Å². The molecule has 1 aromatic carbocycles. The summed E-state index contributed by atoms with van der Waals surface area (Å²) in [5.74, 6) is 2.00. The Morgan fingerprint density at radius 3 is 2.46 bits per heavy atom. The zero-order valence-electron chi connectivity index (χ0n) is 16.9. The Bertz CT molecular complexity index is 786.